The minimum Gasteiger partial charge on any atom is -0.409 e. The monoisotopic (exact) mass is 325 g/mol. The van der Waals surface area contributed by atoms with E-state index in [1.54, 1.807) is 4.90 Å². The summed E-state index contributed by atoms with van der Waals surface area (Å²) in [5.41, 5.74) is 5.73. The van der Waals surface area contributed by atoms with Crippen molar-refractivity contribution >= 4 is 23.5 Å². The van der Waals surface area contributed by atoms with Crippen LogP contribution in [0.1, 0.15) is 19.3 Å². The summed E-state index contributed by atoms with van der Waals surface area (Å²) in [5.74, 6) is 0.0424. The number of thioether (sulfide) groups is 1. The second-order valence-corrected chi connectivity index (χ2v) is 5.97. The van der Waals surface area contributed by atoms with Crippen LogP contribution in [0.2, 0.25) is 0 Å². The molecule has 0 saturated carbocycles. The summed E-state index contributed by atoms with van der Waals surface area (Å²) in [7, 11) is 0. The molecule has 3 N–H and O–H groups in total. The van der Waals surface area contributed by atoms with Crippen molar-refractivity contribution in [2.45, 2.75) is 30.4 Å². The molecule has 0 unspecified atom stereocenters. The summed E-state index contributed by atoms with van der Waals surface area (Å²) in [6, 6.07) is 0. The zero-order valence-corrected chi connectivity index (χ0v) is 12.7. The molecule has 0 aliphatic carbocycles. The number of hydrogen-bond acceptors (Lipinski definition) is 5. The quantitative estimate of drug-likeness (QED) is 0.241. The van der Waals surface area contributed by atoms with E-state index in [0.29, 0.717) is 25.9 Å². The molecule has 6 nitrogen and oxygen atoms in total. The SMILES string of the molecule is CSC1(C(N)=NO)CCN(C(=O)CCOCC(F)F)CC1. The molecule has 9 heteroatoms. The summed E-state index contributed by atoms with van der Waals surface area (Å²) >= 11 is 1.50. The molecule has 0 spiro atoms. The Morgan fingerprint density at radius 3 is 2.62 bits per heavy atom. The zero-order valence-electron chi connectivity index (χ0n) is 11.9. The molecule has 1 saturated heterocycles. The van der Waals surface area contributed by atoms with Gasteiger partial charge in [0.1, 0.15) is 6.61 Å². The van der Waals surface area contributed by atoms with Gasteiger partial charge in [-0.2, -0.15) is 11.8 Å². The number of rotatable bonds is 7. The van der Waals surface area contributed by atoms with Crippen molar-refractivity contribution in [3.8, 4) is 0 Å². The van der Waals surface area contributed by atoms with Gasteiger partial charge >= 0.3 is 0 Å². The van der Waals surface area contributed by atoms with E-state index in [2.05, 4.69) is 5.16 Å². The van der Waals surface area contributed by atoms with Gasteiger partial charge in [-0.15, -0.1) is 0 Å². The molecule has 0 bridgehead atoms. The highest BCUT2D eigenvalue weighted by molar-refractivity contribution is 8.00. The number of ether oxygens (including phenoxy) is 1. The molecule has 1 fully saturated rings. The number of nitrogens with zero attached hydrogens (tertiary/aromatic N) is 2. The van der Waals surface area contributed by atoms with Crippen molar-refractivity contribution < 1.29 is 23.5 Å². The van der Waals surface area contributed by atoms with E-state index in [1.807, 2.05) is 6.26 Å². The Bertz CT molecular complexity index is 375. The lowest BCUT2D eigenvalue weighted by Crippen LogP contribution is -2.51. The van der Waals surface area contributed by atoms with Gasteiger partial charge in [-0.05, 0) is 19.1 Å². The highest BCUT2D eigenvalue weighted by atomic mass is 32.2. The lowest BCUT2D eigenvalue weighted by atomic mass is 9.94. The molecular weight excluding hydrogens is 304 g/mol. The molecule has 1 aliphatic rings. The third-order valence-electron chi connectivity index (χ3n) is 3.59. The Balaban J connectivity index is 2.40. The first-order chi connectivity index (χ1) is 9.95. The molecule has 122 valence electrons. The van der Waals surface area contributed by atoms with E-state index in [-0.39, 0.29) is 24.8 Å². The van der Waals surface area contributed by atoms with Gasteiger partial charge in [0.2, 0.25) is 5.91 Å². The number of halogens is 2. The first-order valence-corrected chi connectivity index (χ1v) is 7.84. The predicted molar refractivity (Wildman–Crippen MR) is 76.9 cm³/mol. The fourth-order valence-electron chi connectivity index (χ4n) is 2.26. The summed E-state index contributed by atoms with van der Waals surface area (Å²) in [4.78, 5) is 13.6. The summed E-state index contributed by atoms with van der Waals surface area (Å²) in [6.07, 6.45) is 0.635. The fourth-order valence-corrected chi connectivity index (χ4v) is 3.10. The van der Waals surface area contributed by atoms with Crippen LogP contribution in [0.4, 0.5) is 8.78 Å². The van der Waals surface area contributed by atoms with Crippen LogP contribution in [-0.2, 0) is 9.53 Å². The maximum atomic E-state index is 11.9. The van der Waals surface area contributed by atoms with Crippen LogP contribution in [0.5, 0.6) is 0 Å². The highest BCUT2D eigenvalue weighted by Crippen LogP contribution is 2.34. The van der Waals surface area contributed by atoms with Crippen molar-refractivity contribution in [1.29, 1.82) is 0 Å². The number of amidine groups is 1. The van der Waals surface area contributed by atoms with Crippen molar-refractivity contribution in [3.05, 3.63) is 0 Å². The van der Waals surface area contributed by atoms with Crippen LogP contribution in [0, 0.1) is 0 Å². The van der Waals surface area contributed by atoms with E-state index >= 15 is 0 Å². The summed E-state index contributed by atoms with van der Waals surface area (Å²) in [5, 5.41) is 11.9. The fraction of sp³-hybridized carbons (Fsp3) is 0.833. The number of piperidine rings is 1. The van der Waals surface area contributed by atoms with Gasteiger partial charge in [-0.1, -0.05) is 5.16 Å². The van der Waals surface area contributed by atoms with Gasteiger partial charge in [0.15, 0.2) is 5.84 Å². The smallest absolute Gasteiger partial charge is 0.261 e. The van der Waals surface area contributed by atoms with Gasteiger partial charge in [0.25, 0.3) is 6.43 Å². The number of alkyl halides is 2. The maximum Gasteiger partial charge on any atom is 0.261 e. The first-order valence-electron chi connectivity index (χ1n) is 6.62. The largest absolute Gasteiger partial charge is 0.409 e. The molecule has 1 amide bonds. The Kier molecular flexibility index (Phi) is 7.16. The molecule has 0 aromatic heterocycles. The predicted octanol–water partition coefficient (Wildman–Crippen LogP) is 1.13. The van der Waals surface area contributed by atoms with Gasteiger partial charge in [-0.3, -0.25) is 4.79 Å². The molecule has 21 heavy (non-hydrogen) atoms. The Morgan fingerprint density at radius 1 is 1.52 bits per heavy atom. The van der Waals surface area contributed by atoms with Crippen LogP contribution >= 0.6 is 11.8 Å². The summed E-state index contributed by atoms with van der Waals surface area (Å²) in [6.45, 7) is 0.329. The maximum absolute atomic E-state index is 11.9. The normalized spacial score (nSPS) is 19.0. The van der Waals surface area contributed by atoms with Crippen molar-refractivity contribution in [1.82, 2.24) is 4.90 Å². The third kappa shape index (κ3) is 4.99. The van der Waals surface area contributed by atoms with E-state index in [0.717, 1.165) is 0 Å². The molecule has 1 aliphatic heterocycles. The number of nitrogens with two attached hydrogens (primary N) is 1. The van der Waals surface area contributed by atoms with Crippen molar-refractivity contribution in [2.24, 2.45) is 10.9 Å². The molecule has 0 radical (unpaired) electrons. The number of carbonyl (C=O) groups is 1. The van der Waals surface area contributed by atoms with E-state index in [4.69, 9.17) is 15.7 Å². The van der Waals surface area contributed by atoms with Crippen molar-refractivity contribution in [2.75, 3.05) is 32.6 Å². The number of hydrogen-bond donors (Lipinski definition) is 2. The molecule has 0 aromatic carbocycles. The molecular formula is C12H21F2N3O3S. The molecule has 1 heterocycles. The minimum absolute atomic E-state index is 0.00637. The van der Waals surface area contributed by atoms with Gasteiger partial charge in [0, 0.05) is 13.1 Å². The second-order valence-electron chi connectivity index (χ2n) is 4.78. The van der Waals surface area contributed by atoms with Gasteiger partial charge < -0.3 is 20.6 Å². The van der Waals surface area contributed by atoms with Crippen LogP contribution < -0.4 is 5.73 Å². The van der Waals surface area contributed by atoms with Crippen LogP contribution in [0.3, 0.4) is 0 Å². The number of likely N-dealkylation sites (tertiary alicyclic amines) is 1. The lowest BCUT2D eigenvalue weighted by Gasteiger charge is -2.39. The standard InChI is InChI=1S/C12H21F2N3O3S/c1-21-12(11(15)16-19)3-5-17(6-4-12)10(18)2-7-20-8-9(13)14/h9,19H,2-8H2,1H3,(H2,15,16). The second kappa shape index (κ2) is 8.38. The number of carbonyl (C=O) groups excluding carboxylic acids is 1. The van der Waals surface area contributed by atoms with Crippen molar-refractivity contribution in [3.63, 3.8) is 0 Å². The zero-order chi connectivity index (χ0) is 15.9. The van der Waals surface area contributed by atoms with Crippen LogP contribution in [-0.4, -0.2) is 65.6 Å². The van der Waals surface area contributed by atoms with Gasteiger partial charge in [0.05, 0.1) is 17.8 Å². The minimum atomic E-state index is -2.52. The van der Waals surface area contributed by atoms with Crippen LogP contribution in [0.25, 0.3) is 0 Å². The average molecular weight is 325 g/mol. The molecule has 0 atom stereocenters. The number of oxime groups is 1. The first kappa shape index (κ1) is 18.0. The highest BCUT2D eigenvalue weighted by Gasteiger charge is 2.39. The lowest BCUT2D eigenvalue weighted by molar-refractivity contribution is -0.133. The average Bonchev–Trinajstić information content (AvgIpc) is 2.50. The third-order valence-corrected chi connectivity index (χ3v) is 4.99. The Labute approximate surface area is 126 Å². The summed E-state index contributed by atoms with van der Waals surface area (Å²) < 4.78 is 28.0. The van der Waals surface area contributed by atoms with E-state index in [9.17, 15) is 13.6 Å². The molecule has 1 rings (SSSR count). The van der Waals surface area contributed by atoms with E-state index in [1.165, 1.54) is 11.8 Å². The number of amides is 1. The van der Waals surface area contributed by atoms with Gasteiger partial charge in [-0.25, -0.2) is 8.78 Å². The Hall–Kier alpha value is -1.09. The van der Waals surface area contributed by atoms with E-state index < -0.39 is 17.8 Å². The molecule has 0 aromatic rings. The van der Waals surface area contributed by atoms with Crippen LogP contribution in [0.15, 0.2) is 5.16 Å². The topological polar surface area (TPSA) is 88.2 Å². The Morgan fingerprint density at radius 2 is 2.14 bits per heavy atom.